The number of esters is 1. The predicted octanol–water partition coefficient (Wildman–Crippen LogP) is 4.59. The number of amides is 1. The first kappa shape index (κ1) is 25.9. The van der Waals surface area contributed by atoms with E-state index >= 15 is 0 Å². The molecular weight excluding hydrogens is 496 g/mol. The van der Waals surface area contributed by atoms with Crippen LogP contribution in [0.25, 0.3) is 5.76 Å². The van der Waals surface area contributed by atoms with E-state index in [0.717, 1.165) is 21.8 Å². The van der Waals surface area contributed by atoms with Crippen LogP contribution < -0.4 is 9.64 Å². The summed E-state index contributed by atoms with van der Waals surface area (Å²) in [5, 5.41) is 21.7. The molecule has 9 nitrogen and oxygen atoms in total. The molecule has 2 aromatic carbocycles. The number of aryl methyl sites for hydroxylation is 3. The Morgan fingerprint density at radius 3 is 2.54 bits per heavy atom. The van der Waals surface area contributed by atoms with Crippen LogP contribution in [-0.4, -0.2) is 46.6 Å². The van der Waals surface area contributed by atoms with Crippen LogP contribution in [0.15, 0.2) is 42.0 Å². The van der Waals surface area contributed by atoms with Gasteiger partial charge in [0.2, 0.25) is 0 Å². The number of hydrogen-bond donors (Lipinski definition) is 2. The van der Waals surface area contributed by atoms with Crippen molar-refractivity contribution >= 4 is 39.9 Å². The number of aliphatic hydroxyl groups excluding tert-OH is 1. The lowest BCUT2D eigenvalue weighted by Gasteiger charge is -2.23. The maximum Gasteiger partial charge on any atom is 0.350 e. The van der Waals surface area contributed by atoms with Gasteiger partial charge < -0.3 is 19.7 Å². The van der Waals surface area contributed by atoms with Crippen molar-refractivity contribution in [2.45, 2.75) is 33.7 Å². The van der Waals surface area contributed by atoms with Crippen LogP contribution in [0.2, 0.25) is 0 Å². The van der Waals surface area contributed by atoms with Crippen LogP contribution in [0, 0.1) is 20.8 Å². The standard InChI is InChI=1S/C27H26N2O7S/c1-6-36-26(34)24-15(4)28-27(37-24)29-21(16-9-10-18(30)19(12-16)35-5)20(23(32)25(29)33)22(31)17-11-13(2)7-8-14(17)3/h7-12,21,30-31H,6H2,1-5H3/b22-20+. The van der Waals surface area contributed by atoms with Crippen LogP contribution in [0.1, 0.15) is 50.6 Å². The van der Waals surface area contributed by atoms with Crippen molar-refractivity contribution in [2.75, 3.05) is 18.6 Å². The molecule has 0 saturated carbocycles. The lowest BCUT2D eigenvalue weighted by atomic mass is 9.93. The van der Waals surface area contributed by atoms with Gasteiger partial charge in [-0.05, 0) is 57.0 Å². The van der Waals surface area contributed by atoms with Crippen molar-refractivity contribution in [2.24, 2.45) is 0 Å². The number of carbonyl (C=O) groups is 3. The van der Waals surface area contributed by atoms with Gasteiger partial charge in [-0.1, -0.05) is 35.1 Å². The third kappa shape index (κ3) is 4.55. The number of ketones is 1. The number of benzene rings is 2. The zero-order valence-electron chi connectivity index (χ0n) is 21.0. The minimum Gasteiger partial charge on any atom is -0.507 e. The molecule has 2 N–H and O–H groups in total. The van der Waals surface area contributed by atoms with E-state index in [2.05, 4.69) is 4.98 Å². The van der Waals surface area contributed by atoms with E-state index in [4.69, 9.17) is 9.47 Å². The Morgan fingerprint density at radius 1 is 1.14 bits per heavy atom. The molecule has 192 valence electrons. The summed E-state index contributed by atoms with van der Waals surface area (Å²) in [6, 6.07) is 8.72. The highest BCUT2D eigenvalue weighted by molar-refractivity contribution is 7.17. The highest BCUT2D eigenvalue weighted by atomic mass is 32.1. The number of rotatable bonds is 6. The quantitative estimate of drug-likeness (QED) is 0.208. The average molecular weight is 523 g/mol. The molecule has 1 aromatic heterocycles. The summed E-state index contributed by atoms with van der Waals surface area (Å²) in [6.07, 6.45) is 0. The molecule has 1 fully saturated rings. The SMILES string of the molecule is CCOC(=O)c1sc(N2C(=O)C(=O)/C(=C(/O)c3cc(C)ccc3C)C2c2ccc(O)c(OC)c2)nc1C. The number of phenols is 1. The number of ether oxygens (including phenoxy) is 2. The van der Waals surface area contributed by atoms with E-state index in [1.165, 1.54) is 25.3 Å². The summed E-state index contributed by atoms with van der Waals surface area (Å²) in [5.74, 6) is -2.74. The van der Waals surface area contributed by atoms with Crippen LogP contribution in [0.3, 0.4) is 0 Å². The molecule has 10 heteroatoms. The fourth-order valence-corrected chi connectivity index (χ4v) is 5.20. The Bertz CT molecular complexity index is 1460. The largest absolute Gasteiger partial charge is 0.507 e. The average Bonchev–Trinajstić information content (AvgIpc) is 3.37. The Morgan fingerprint density at radius 2 is 1.86 bits per heavy atom. The van der Waals surface area contributed by atoms with Gasteiger partial charge in [0.05, 0.1) is 31.0 Å². The second kappa shape index (κ2) is 10.1. The van der Waals surface area contributed by atoms with Crippen LogP contribution in [0.5, 0.6) is 11.5 Å². The molecule has 0 spiro atoms. The van der Waals surface area contributed by atoms with Crippen molar-refractivity contribution in [3.63, 3.8) is 0 Å². The molecule has 1 aliphatic rings. The number of aromatic hydroxyl groups is 1. The van der Waals surface area contributed by atoms with E-state index in [-0.39, 0.29) is 39.4 Å². The summed E-state index contributed by atoms with van der Waals surface area (Å²) in [6.45, 7) is 7.10. The predicted molar refractivity (Wildman–Crippen MR) is 138 cm³/mol. The van der Waals surface area contributed by atoms with E-state index in [1.54, 1.807) is 26.8 Å². The van der Waals surface area contributed by atoms with Gasteiger partial charge in [0.15, 0.2) is 16.6 Å². The van der Waals surface area contributed by atoms with Gasteiger partial charge in [-0.2, -0.15) is 0 Å². The Labute approximate surface area is 217 Å². The summed E-state index contributed by atoms with van der Waals surface area (Å²) < 4.78 is 10.3. The van der Waals surface area contributed by atoms with Gasteiger partial charge in [0.1, 0.15) is 10.6 Å². The number of Topliss-reactive ketones (excluding diaryl/α,β-unsaturated/α-hetero) is 1. The zero-order valence-corrected chi connectivity index (χ0v) is 21.8. The third-order valence-corrected chi connectivity index (χ3v) is 7.20. The highest BCUT2D eigenvalue weighted by Gasteiger charge is 2.48. The fourth-order valence-electron chi connectivity index (χ4n) is 4.22. The van der Waals surface area contributed by atoms with Crippen molar-refractivity contribution in [1.29, 1.82) is 0 Å². The summed E-state index contributed by atoms with van der Waals surface area (Å²) in [4.78, 5) is 45.0. The number of anilines is 1. The molecule has 37 heavy (non-hydrogen) atoms. The zero-order chi connectivity index (χ0) is 27.0. The molecule has 1 unspecified atom stereocenters. The van der Waals surface area contributed by atoms with E-state index in [9.17, 15) is 24.6 Å². The number of methoxy groups -OCH3 is 1. The highest BCUT2D eigenvalue weighted by Crippen LogP contribution is 2.45. The van der Waals surface area contributed by atoms with Crippen molar-refractivity contribution in [1.82, 2.24) is 4.98 Å². The molecule has 4 rings (SSSR count). The monoisotopic (exact) mass is 522 g/mol. The van der Waals surface area contributed by atoms with E-state index in [0.29, 0.717) is 22.4 Å². The van der Waals surface area contributed by atoms with E-state index in [1.807, 2.05) is 19.1 Å². The first-order valence-electron chi connectivity index (χ1n) is 11.5. The first-order chi connectivity index (χ1) is 17.6. The van der Waals surface area contributed by atoms with Crippen molar-refractivity contribution in [3.05, 3.63) is 74.8 Å². The molecule has 2 heterocycles. The number of thiazole rings is 1. The normalized spacial score (nSPS) is 16.8. The molecule has 1 aliphatic heterocycles. The number of hydrogen-bond acceptors (Lipinski definition) is 9. The van der Waals surface area contributed by atoms with Gasteiger partial charge in [-0.15, -0.1) is 0 Å². The van der Waals surface area contributed by atoms with Crippen LogP contribution in [0.4, 0.5) is 5.13 Å². The molecule has 1 amide bonds. The number of carbonyl (C=O) groups excluding carboxylic acids is 3. The molecule has 0 aliphatic carbocycles. The number of aromatic nitrogens is 1. The minimum atomic E-state index is -1.10. The second-order valence-corrected chi connectivity index (χ2v) is 9.53. The number of phenolic OH excluding ortho intramolecular Hbond substituents is 1. The fraction of sp³-hybridized carbons (Fsp3) is 0.259. The third-order valence-electron chi connectivity index (χ3n) is 6.06. The molecule has 1 saturated heterocycles. The minimum absolute atomic E-state index is 0.0970. The Hall–Kier alpha value is -4.18. The van der Waals surface area contributed by atoms with Crippen molar-refractivity contribution < 1.29 is 34.1 Å². The molecule has 1 atom stereocenters. The van der Waals surface area contributed by atoms with Gasteiger partial charge in [0.25, 0.3) is 5.78 Å². The van der Waals surface area contributed by atoms with Gasteiger partial charge in [-0.25, -0.2) is 9.78 Å². The summed E-state index contributed by atoms with van der Waals surface area (Å²) in [5.41, 5.74) is 2.58. The smallest absolute Gasteiger partial charge is 0.350 e. The molecular formula is C27H26N2O7S. The number of nitrogens with zero attached hydrogens (tertiary/aromatic N) is 2. The van der Waals surface area contributed by atoms with Gasteiger partial charge in [-0.3, -0.25) is 14.5 Å². The Kier molecular flexibility index (Phi) is 7.04. The maximum atomic E-state index is 13.4. The van der Waals surface area contributed by atoms with Crippen LogP contribution in [-0.2, 0) is 14.3 Å². The maximum absolute atomic E-state index is 13.4. The molecule has 0 radical (unpaired) electrons. The number of aliphatic hydroxyl groups is 1. The molecule has 3 aromatic rings. The lowest BCUT2D eigenvalue weighted by Crippen LogP contribution is -2.29. The van der Waals surface area contributed by atoms with Crippen molar-refractivity contribution in [3.8, 4) is 11.5 Å². The van der Waals surface area contributed by atoms with Gasteiger partial charge in [0, 0.05) is 5.56 Å². The second-order valence-electron chi connectivity index (χ2n) is 8.55. The van der Waals surface area contributed by atoms with E-state index < -0.39 is 23.7 Å². The summed E-state index contributed by atoms with van der Waals surface area (Å²) in [7, 11) is 1.38. The summed E-state index contributed by atoms with van der Waals surface area (Å²) >= 11 is 0.920. The lowest BCUT2D eigenvalue weighted by molar-refractivity contribution is -0.132. The first-order valence-corrected chi connectivity index (χ1v) is 12.3. The molecule has 0 bridgehead atoms. The van der Waals surface area contributed by atoms with Crippen LogP contribution >= 0.6 is 11.3 Å². The van der Waals surface area contributed by atoms with Gasteiger partial charge >= 0.3 is 11.9 Å². The Balaban J connectivity index is 1.98. The topological polar surface area (TPSA) is 126 Å².